The molecule has 5 atom stereocenters. The third-order valence-corrected chi connectivity index (χ3v) is 3.02. The van der Waals surface area contributed by atoms with E-state index in [0.29, 0.717) is 11.8 Å². The zero-order valence-electron chi connectivity index (χ0n) is 10.6. The first-order valence-electron chi connectivity index (χ1n) is 5.98. The molecule has 0 fully saturated rings. The van der Waals surface area contributed by atoms with Gasteiger partial charge in [0.05, 0.1) is 6.61 Å². The standard InChI is InChI=1S/C13H18O7/c14-5-7-1-3-8(4-2-7)10(17)12(19)13(20)11(18)9(16)6-15/h1-5,9-13,15-20H,6H2/t9-,10?,11-,12+,13+/m1/s1. The molecular weight excluding hydrogens is 268 g/mol. The fraction of sp³-hybridized carbons (Fsp3) is 0.462. The lowest BCUT2D eigenvalue weighted by Gasteiger charge is -2.28. The van der Waals surface area contributed by atoms with Gasteiger partial charge in [0.25, 0.3) is 0 Å². The van der Waals surface area contributed by atoms with E-state index in [9.17, 15) is 30.3 Å². The molecule has 0 aliphatic carbocycles. The van der Waals surface area contributed by atoms with Gasteiger partial charge >= 0.3 is 0 Å². The second-order valence-electron chi connectivity index (χ2n) is 4.45. The fourth-order valence-electron chi connectivity index (χ4n) is 1.69. The molecule has 0 aliphatic heterocycles. The van der Waals surface area contributed by atoms with Crippen LogP contribution in [0.15, 0.2) is 24.3 Å². The lowest BCUT2D eigenvalue weighted by molar-refractivity contribution is -0.141. The fourth-order valence-corrected chi connectivity index (χ4v) is 1.69. The number of carbonyl (C=O) groups excluding carboxylic acids is 1. The van der Waals surface area contributed by atoms with Gasteiger partial charge in [0.15, 0.2) is 0 Å². The second kappa shape index (κ2) is 7.44. The summed E-state index contributed by atoms with van der Waals surface area (Å²) < 4.78 is 0. The van der Waals surface area contributed by atoms with Gasteiger partial charge in [0.1, 0.15) is 36.8 Å². The van der Waals surface area contributed by atoms with E-state index in [1.54, 1.807) is 0 Å². The number of aliphatic hydroxyl groups is 6. The Bertz CT molecular complexity index is 419. The van der Waals surface area contributed by atoms with Crippen LogP contribution in [0.2, 0.25) is 0 Å². The Hall–Kier alpha value is -1.35. The average Bonchev–Trinajstić information content (AvgIpc) is 2.51. The Morgan fingerprint density at radius 1 is 0.900 bits per heavy atom. The normalized spacial score (nSPS) is 18.9. The molecule has 6 N–H and O–H groups in total. The van der Waals surface area contributed by atoms with Crippen LogP contribution in [0, 0.1) is 0 Å². The van der Waals surface area contributed by atoms with Crippen molar-refractivity contribution < 1.29 is 35.4 Å². The molecule has 0 amide bonds. The smallest absolute Gasteiger partial charge is 0.150 e. The summed E-state index contributed by atoms with van der Waals surface area (Å²) in [7, 11) is 0. The van der Waals surface area contributed by atoms with Gasteiger partial charge < -0.3 is 30.6 Å². The number of hydrogen-bond donors (Lipinski definition) is 6. The molecule has 7 heteroatoms. The van der Waals surface area contributed by atoms with Crippen LogP contribution in [0.4, 0.5) is 0 Å². The minimum atomic E-state index is -1.85. The molecule has 0 aromatic heterocycles. The first kappa shape index (κ1) is 16.7. The van der Waals surface area contributed by atoms with Crippen LogP contribution in [0.3, 0.4) is 0 Å². The maximum absolute atomic E-state index is 10.5. The van der Waals surface area contributed by atoms with Gasteiger partial charge in [-0.3, -0.25) is 4.79 Å². The number of aldehydes is 1. The zero-order valence-corrected chi connectivity index (χ0v) is 10.6. The van der Waals surface area contributed by atoms with Crippen molar-refractivity contribution in [2.24, 2.45) is 0 Å². The Balaban J connectivity index is 2.78. The summed E-state index contributed by atoms with van der Waals surface area (Å²) in [6, 6.07) is 5.62. The minimum absolute atomic E-state index is 0.229. The Morgan fingerprint density at radius 2 is 1.45 bits per heavy atom. The second-order valence-corrected chi connectivity index (χ2v) is 4.45. The van der Waals surface area contributed by atoms with E-state index < -0.39 is 37.1 Å². The van der Waals surface area contributed by atoms with Gasteiger partial charge in [-0.25, -0.2) is 0 Å². The van der Waals surface area contributed by atoms with Crippen LogP contribution in [0.25, 0.3) is 0 Å². The van der Waals surface area contributed by atoms with Crippen molar-refractivity contribution in [3.8, 4) is 0 Å². The molecule has 1 unspecified atom stereocenters. The maximum Gasteiger partial charge on any atom is 0.150 e. The van der Waals surface area contributed by atoms with Crippen LogP contribution in [-0.4, -0.2) is 67.9 Å². The Labute approximate surface area is 115 Å². The first-order chi connectivity index (χ1) is 9.42. The third kappa shape index (κ3) is 3.83. The number of aliphatic hydroxyl groups excluding tert-OH is 6. The van der Waals surface area contributed by atoms with Crippen molar-refractivity contribution in [3.05, 3.63) is 35.4 Å². The van der Waals surface area contributed by atoms with E-state index >= 15 is 0 Å². The van der Waals surface area contributed by atoms with Crippen molar-refractivity contribution in [2.75, 3.05) is 6.61 Å². The molecule has 0 radical (unpaired) electrons. The van der Waals surface area contributed by atoms with E-state index in [0.717, 1.165) is 0 Å². The van der Waals surface area contributed by atoms with Gasteiger partial charge in [-0.1, -0.05) is 24.3 Å². The summed E-state index contributed by atoms with van der Waals surface area (Å²) >= 11 is 0. The molecule has 1 rings (SSSR count). The molecule has 112 valence electrons. The molecule has 0 saturated carbocycles. The molecule has 0 spiro atoms. The predicted molar refractivity (Wildman–Crippen MR) is 67.9 cm³/mol. The van der Waals surface area contributed by atoms with Crippen molar-refractivity contribution in [1.29, 1.82) is 0 Å². The topological polar surface area (TPSA) is 138 Å². The molecule has 0 heterocycles. The van der Waals surface area contributed by atoms with Crippen molar-refractivity contribution >= 4 is 6.29 Å². The van der Waals surface area contributed by atoms with Gasteiger partial charge in [0.2, 0.25) is 0 Å². The lowest BCUT2D eigenvalue weighted by atomic mass is 9.95. The van der Waals surface area contributed by atoms with Gasteiger partial charge in [0, 0.05) is 5.56 Å². The largest absolute Gasteiger partial charge is 0.394 e. The monoisotopic (exact) mass is 286 g/mol. The molecular formula is C13H18O7. The molecule has 0 aliphatic rings. The molecule has 0 bridgehead atoms. The summed E-state index contributed by atoms with van der Waals surface area (Å²) in [5, 5.41) is 56.5. The summed E-state index contributed by atoms with van der Waals surface area (Å²) in [6.45, 7) is -0.797. The molecule has 1 aromatic rings. The van der Waals surface area contributed by atoms with Crippen molar-refractivity contribution in [3.63, 3.8) is 0 Å². The van der Waals surface area contributed by atoms with Gasteiger partial charge in [-0.05, 0) is 5.56 Å². The van der Waals surface area contributed by atoms with Crippen LogP contribution >= 0.6 is 0 Å². The van der Waals surface area contributed by atoms with E-state index in [-0.39, 0.29) is 5.56 Å². The van der Waals surface area contributed by atoms with E-state index in [4.69, 9.17) is 5.11 Å². The van der Waals surface area contributed by atoms with Gasteiger partial charge in [-0.15, -0.1) is 0 Å². The highest BCUT2D eigenvalue weighted by Gasteiger charge is 2.34. The Kier molecular flexibility index (Phi) is 6.21. The SMILES string of the molecule is O=Cc1ccc(C(O)[C@H](O)[C@@H](O)[C@H](O)[C@H](O)CO)cc1. The van der Waals surface area contributed by atoms with Crippen LogP contribution in [0.5, 0.6) is 0 Å². The molecule has 7 nitrogen and oxygen atoms in total. The quantitative estimate of drug-likeness (QED) is 0.318. The van der Waals surface area contributed by atoms with Crippen LogP contribution in [0.1, 0.15) is 22.0 Å². The van der Waals surface area contributed by atoms with E-state index in [1.165, 1.54) is 24.3 Å². The molecule has 0 saturated heterocycles. The highest BCUT2D eigenvalue weighted by Crippen LogP contribution is 2.21. The maximum atomic E-state index is 10.5. The number of rotatable bonds is 7. The van der Waals surface area contributed by atoms with Crippen LogP contribution in [-0.2, 0) is 0 Å². The lowest BCUT2D eigenvalue weighted by Crippen LogP contribution is -2.47. The highest BCUT2D eigenvalue weighted by atomic mass is 16.4. The van der Waals surface area contributed by atoms with Gasteiger partial charge in [-0.2, -0.15) is 0 Å². The average molecular weight is 286 g/mol. The van der Waals surface area contributed by atoms with Crippen LogP contribution < -0.4 is 0 Å². The predicted octanol–water partition coefficient (Wildman–Crippen LogP) is -2.03. The summed E-state index contributed by atoms with van der Waals surface area (Å²) in [4.78, 5) is 10.5. The molecule has 1 aromatic carbocycles. The number of benzene rings is 1. The summed E-state index contributed by atoms with van der Waals surface area (Å²) in [6.07, 6.45) is -7.97. The first-order valence-corrected chi connectivity index (χ1v) is 5.98. The summed E-state index contributed by atoms with van der Waals surface area (Å²) in [5.41, 5.74) is 0.611. The Morgan fingerprint density at radius 3 is 1.90 bits per heavy atom. The van der Waals surface area contributed by atoms with E-state index in [2.05, 4.69) is 0 Å². The summed E-state index contributed by atoms with van der Waals surface area (Å²) in [5.74, 6) is 0. The number of carbonyl (C=O) groups is 1. The number of hydrogen-bond acceptors (Lipinski definition) is 7. The molecule has 20 heavy (non-hydrogen) atoms. The van der Waals surface area contributed by atoms with E-state index in [1.807, 2.05) is 0 Å². The van der Waals surface area contributed by atoms with Crippen molar-refractivity contribution in [2.45, 2.75) is 30.5 Å². The zero-order chi connectivity index (χ0) is 15.3. The third-order valence-electron chi connectivity index (χ3n) is 3.02. The highest BCUT2D eigenvalue weighted by molar-refractivity contribution is 5.74. The minimum Gasteiger partial charge on any atom is -0.394 e. The van der Waals surface area contributed by atoms with Crippen molar-refractivity contribution in [1.82, 2.24) is 0 Å².